The maximum atomic E-state index is 14.6. The summed E-state index contributed by atoms with van der Waals surface area (Å²) >= 11 is 1.76. The molecule has 1 aromatic heterocycles. The first kappa shape index (κ1) is 14.0. The highest BCUT2D eigenvalue weighted by Crippen LogP contribution is 2.29. The van der Waals surface area contributed by atoms with Gasteiger partial charge in [-0.1, -0.05) is 13.3 Å². The minimum absolute atomic E-state index is 0.374. The van der Waals surface area contributed by atoms with Crippen LogP contribution in [0.1, 0.15) is 49.3 Å². The molecule has 1 saturated heterocycles. The first-order valence-electron chi connectivity index (χ1n) is 7.09. The third kappa shape index (κ3) is 4.06. The molecule has 18 heavy (non-hydrogen) atoms. The molecule has 1 aromatic rings. The van der Waals surface area contributed by atoms with Gasteiger partial charge in [-0.2, -0.15) is 0 Å². The quantitative estimate of drug-likeness (QED) is 0.848. The fourth-order valence-electron chi connectivity index (χ4n) is 2.75. The van der Waals surface area contributed by atoms with Crippen LogP contribution in [0.15, 0.2) is 12.1 Å². The van der Waals surface area contributed by atoms with Gasteiger partial charge < -0.3 is 5.32 Å². The number of piperidine rings is 1. The van der Waals surface area contributed by atoms with E-state index in [0.717, 1.165) is 19.4 Å². The molecule has 0 bridgehead atoms. The molecule has 0 radical (unpaired) electrons. The van der Waals surface area contributed by atoms with E-state index in [1.807, 2.05) is 0 Å². The summed E-state index contributed by atoms with van der Waals surface area (Å²) in [6.45, 7) is 4.96. The Morgan fingerprint density at radius 3 is 2.78 bits per heavy atom. The fourth-order valence-corrected chi connectivity index (χ4v) is 3.88. The highest BCUT2D eigenvalue weighted by Gasteiger charge is 2.29. The van der Waals surface area contributed by atoms with Gasteiger partial charge in [0.2, 0.25) is 0 Å². The summed E-state index contributed by atoms with van der Waals surface area (Å²) in [6, 6.07) is 4.60. The normalized spacial score (nSPS) is 23.8. The predicted octanol–water partition coefficient (Wildman–Crippen LogP) is 4.11. The number of thiophene rings is 1. The van der Waals surface area contributed by atoms with Crippen molar-refractivity contribution in [3.8, 4) is 0 Å². The van der Waals surface area contributed by atoms with Crippen LogP contribution in [0.5, 0.6) is 0 Å². The molecule has 102 valence electrons. The van der Waals surface area contributed by atoms with Crippen LogP contribution < -0.4 is 5.32 Å². The number of alkyl halides is 1. The SMILES string of the molecule is CCc1ccc(CC(C)(F)CC2CCCCN2)s1. The molecule has 1 aliphatic rings. The Morgan fingerprint density at radius 1 is 1.39 bits per heavy atom. The number of nitrogens with one attached hydrogen (secondary N) is 1. The van der Waals surface area contributed by atoms with Crippen LogP contribution >= 0.6 is 11.3 Å². The van der Waals surface area contributed by atoms with Crippen LogP contribution in [0.3, 0.4) is 0 Å². The number of hydrogen-bond donors (Lipinski definition) is 1. The van der Waals surface area contributed by atoms with Crippen molar-refractivity contribution < 1.29 is 4.39 Å². The van der Waals surface area contributed by atoms with Crippen molar-refractivity contribution in [2.24, 2.45) is 0 Å². The van der Waals surface area contributed by atoms with E-state index in [4.69, 9.17) is 0 Å². The van der Waals surface area contributed by atoms with E-state index in [9.17, 15) is 4.39 Å². The molecule has 0 saturated carbocycles. The number of hydrogen-bond acceptors (Lipinski definition) is 2. The summed E-state index contributed by atoms with van der Waals surface area (Å²) in [5.74, 6) is 0. The molecule has 1 nitrogen and oxygen atoms in total. The fraction of sp³-hybridized carbons (Fsp3) is 0.733. The monoisotopic (exact) mass is 269 g/mol. The maximum Gasteiger partial charge on any atom is 0.114 e. The summed E-state index contributed by atoms with van der Waals surface area (Å²) in [4.78, 5) is 2.55. The zero-order valence-electron chi connectivity index (χ0n) is 11.5. The Morgan fingerprint density at radius 2 is 2.17 bits per heavy atom. The molecule has 0 aromatic carbocycles. The lowest BCUT2D eigenvalue weighted by Gasteiger charge is -2.29. The molecule has 1 fully saturated rings. The van der Waals surface area contributed by atoms with Crippen molar-refractivity contribution in [2.75, 3.05) is 6.54 Å². The van der Waals surface area contributed by atoms with E-state index >= 15 is 0 Å². The number of halogens is 1. The Kier molecular flexibility index (Phi) is 4.79. The van der Waals surface area contributed by atoms with Gasteiger partial charge in [-0.15, -0.1) is 11.3 Å². The van der Waals surface area contributed by atoms with Crippen molar-refractivity contribution in [1.82, 2.24) is 5.32 Å². The zero-order valence-corrected chi connectivity index (χ0v) is 12.3. The predicted molar refractivity (Wildman–Crippen MR) is 77.2 cm³/mol. The largest absolute Gasteiger partial charge is 0.314 e. The smallest absolute Gasteiger partial charge is 0.114 e. The van der Waals surface area contributed by atoms with Crippen molar-refractivity contribution >= 4 is 11.3 Å². The third-order valence-corrected chi connectivity index (χ3v) is 4.92. The third-order valence-electron chi connectivity index (χ3n) is 3.69. The average Bonchev–Trinajstić information content (AvgIpc) is 2.76. The van der Waals surface area contributed by atoms with Gasteiger partial charge in [0, 0.05) is 22.2 Å². The lowest BCUT2D eigenvalue weighted by Crippen LogP contribution is -2.39. The standard InChI is InChI=1S/C15H24FNS/c1-3-13-7-8-14(18-13)11-15(2,16)10-12-6-4-5-9-17-12/h7-8,12,17H,3-6,9-11H2,1-2H3. The second-order valence-corrected chi connectivity index (χ2v) is 6.92. The minimum atomic E-state index is -1.08. The molecule has 0 aliphatic carbocycles. The minimum Gasteiger partial charge on any atom is -0.314 e. The van der Waals surface area contributed by atoms with E-state index in [1.165, 1.54) is 22.6 Å². The van der Waals surface area contributed by atoms with Crippen LogP contribution in [-0.2, 0) is 12.8 Å². The second kappa shape index (κ2) is 6.16. The summed E-state index contributed by atoms with van der Waals surface area (Å²) in [5, 5.41) is 3.44. The van der Waals surface area contributed by atoms with Gasteiger partial charge in [0.1, 0.15) is 5.67 Å². The summed E-state index contributed by atoms with van der Waals surface area (Å²) in [5.41, 5.74) is -1.08. The van der Waals surface area contributed by atoms with E-state index in [2.05, 4.69) is 24.4 Å². The van der Waals surface area contributed by atoms with Crippen LogP contribution in [0.4, 0.5) is 4.39 Å². The van der Waals surface area contributed by atoms with Crippen LogP contribution in [0, 0.1) is 0 Å². The van der Waals surface area contributed by atoms with Crippen LogP contribution in [-0.4, -0.2) is 18.3 Å². The molecule has 2 atom stereocenters. The van der Waals surface area contributed by atoms with Crippen molar-refractivity contribution in [2.45, 2.75) is 64.1 Å². The summed E-state index contributed by atoms with van der Waals surface area (Å²) in [7, 11) is 0. The maximum absolute atomic E-state index is 14.6. The Bertz CT molecular complexity index is 366. The van der Waals surface area contributed by atoms with Crippen LogP contribution in [0.2, 0.25) is 0 Å². The molecule has 3 heteroatoms. The molecule has 1 N–H and O–H groups in total. The second-order valence-electron chi connectivity index (χ2n) is 5.66. The molecular formula is C15H24FNS. The Hall–Kier alpha value is -0.410. The first-order chi connectivity index (χ1) is 8.59. The number of aryl methyl sites for hydroxylation is 1. The van der Waals surface area contributed by atoms with E-state index in [0.29, 0.717) is 18.9 Å². The van der Waals surface area contributed by atoms with E-state index in [-0.39, 0.29) is 0 Å². The molecule has 1 aliphatic heterocycles. The van der Waals surface area contributed by atoms with Gasteiger partial charge in [-0.25, -0.2) is 4.39 Å². The van der Waals surface area contributed by atoms with Gasteiger partial charge in [0.05, 0.1) is 0 Å². The van der Waals surface area contributed by atoms with Gasteiger partial charge in [0.15, 0.2) is 0 Å². The summed E-state index contributed by atoms with van der Waals surface area (Å²) < 4.78 is 14.6. The Labute approximate surface area is 114 Å². The van der Waals surface area contributed by atoms with Gasteiger partial charge in [-0.05, 0) is 51.3 Å². The molecule has 2 heterocycles. The van der Waals surface area contributed by atoms with Gasteiger partial charge in [0.25, 0.3) is 0 Å². The summed E-state index contributed by atoms with van der Waals surface area (Å²) in [6.07, 6.45) is 5.88. The van der Waals surface area contributed by atoms with Gasteiger partial charge in [-0.3, -0.25) is 0 Å². The van der Waals surface area contributed by atoms with E-state index < -0.39 is 5.67 Å². The average molecular weight is 269 g/mol. The molecular weight excluding hydrogens is 245 g/mol. The highest BCUT2D eigenvalue weighted by molar-refractivity contribution is 7.12. The molecule has 2 unspecified atom stereocenters. The number of rotatable bonds is 5. The van der Waals surface area contributed by atoms with Crippen molar-refractivity contribution in [3.63, 3.8) is 0 Å². The van der Waals surface area contributed by atoms with Crippen molar-refractivity contribution in [1.29, 1.82) is 0 Å². The lowest BCUT2D eigenvalue weighted by atomic mass is 9.90. The van der Waals surface area contributed by atoms with Gasteiger partial charge >= 0.3 is 0 Å². The highest BCUT2D eigenvalue weighted by atomic mass is 32.1. The van der Waals surface area contributed by atoms with E-state index in [1.54, 1.807) is 18.3 Å². The molecule has 0 spiro atoms. The van der Waals surface area contributed by atoms with Crippen molar-refractivity contribution in [3.05, 3.63) is 21.9 Å². The zero-order chi connectivity index (χ0) is 13.0. The topological polar surface area (TPSA) is 12.0 Å². The first-order valence-corrected chi connectivity index (χ1v) is 7.90. The lowest BCUT2D eigenvalue weighted by molar-refractivity contribution is 0.147. The molecule has 2 rings (SSSR count). The Balaban J connectivity index is 1.89. The van der Waals surface area contributed by atoms with Crippen LogP contribution in [0.25, 0.3) is 0 Å². The molecule has 0 amide bonds.